The van der Waals surface area contributed by atoms with Crippen LogP contribution >= 0.6 is 0 Å². The summed E-state index contributed by atoms with van der Waals surface area (Å²) in [5.74, 6) is 0.409. The maximum atomic E-state index is 14.1. The zero-order valence-corrected chi connectivity index (χ0v) is 13.3. The van der Waals surface area contributed by atoms with Crippen LogP contribution in [0, 0.1) is 12.7 Å². The number of aryl methyl sites for hydroxylation is 1. The molecule has 4 rings (SSSR count). The second-order valence-electron chi connectivity index (χ2n) is 5.51. The Hall–Kier alpha value is -3.55. The molecule has 0 aliphatic carbocycles. The van der Waals surface area contributed by atoms with Crippen molar-refractivity contribution in [2.45, 2.75) is 6.92 Å². The van der Waals surface area contributed by atoms with Gasteiger partial charge < -0.3 is 11.1 Å². The minimum atomic E-state index is -0.508. The summed E-state index contributed by atoms with van der Waals surface area (Å²) in [6.07, 6.45) is 2.71. The van der Waals surface area contributed by atoms with Crippen molar-refractivity contribution >= 4 is 23.0 Å². The van der Waals surface area contributed by atoms with Gasteiger partial charge in [-0.05, 0) is 25.1 Å². The second-order valence-corrected chi connectivity index (χ2v) is 5.51. The molecular weight excluding hydrogens is 321 g/mol. The van der Waals surface area contributed by atoms with Gasteiger partial charge in [0, 0.05) is 29.7 Å². The normalized spacial score (nSPS) is 11.0. The number of fused-ring (bicyclic) bond motifs is 1. The van der Waals surface area contributed by atoms with Gasteiger partial charge in [0.2, 0.25) is 0 Å². The van der Waals surface area contributed by atoms with E-state index in [4.69, 9.17) is 5.73 Å². The molecule has 0 aliphatic rings. The Kier molecular flexibility index (Phi) is 3.50. The molecule has 0 unspecified atom stereocenters. The molecule has 7 nitrogen and oxygen atoms in total. The first-order valence-corrected chi connectivity index (χ1v) is 7.57. The van der Waals surface area contributed by atoms with E-state index in [0.29, 0.717) is 28.7 Å². The Morgan fingerprint density at radius 1 is 1.12 bits per heavy atom. The summed E-state index contributed by atoms with van der Waals surface area (Å²) in [6.45, 7) is 1.89. The molecular formula is C17H14FN7. The van der Waals surface area contributed by atoms with Gasteiger partial charge in [0.15, 0.2) is 11.5 Å². The zero-order valence-electron chi connectivity index (χ0n) is 13.3. The molecule has 25 heavy (non-hydrogen) atoms. The summed E-state index contributed by atoms with van der Waals surface area (Å²) in [7, 11) is 0. The predicted octanol–water partition coefficient (Wildman–Crippen LogP) is 2.96. The van der Waals surface area contributed by atoms with Crippen molar-refractivity contribution in [3.8, 4) is 11.4 Å². The van der Waals surface area contributed by atoms with E-state index < -0.39 is 5.82 Å². The number of nitrogens with one attached hydrogen (secondary N) is 1. The van der Waals surface area contributed by atoms with Crippen LogP contribution in [0.4, 0.5) is 21.7 Å². The fourth-order valence-corrected chi connectivity index (χ4v) is 2.52. The lowest BCUT2D eigenvalue weighted by atomic mass is 10.2. The van der Waals surface area contributed by atoms with Crippen molar-refractivity contribution in [2.75, 3.05) is 11.1 Å². The summed E-state index contributed by atoms with van der Waals surface area (Å²) in [5.41, 5.74) is 8.58. The predicted molar refractivity (Wildman–Crippen MR) is 92.8 cm³/mol. The van der Waals surface area contributed by atoms with Crippen molar-refractivity contribution in [3.63, 3.8) is 0 Å². The highest BCUT2D eigenvalue weighted by atomic mass is 19.1. The summed E-state index contributed by atoms with van der Waals surface area (Å²) < 4.78 is 15.5. The molecule has 0 saturated heterocycles. The van der Waals surface area contributed by atoms with E-state index in [1.807, 2.05) is 25.1 Å². The first kappa shape index (κ1) is 15.0. The molecule has 124 valence electrons. The number of aromatic nitrogens is 5. The van der Waals surface area contributed by atoms with Gasteiger partial charge in [0.1, 0.15) is 11.6 Å². The lowest BCUT2D eigenvalue weighted by Crippen LogP contribution is -2.04. The number of hydrogen-bond acceptors (Lipinski definition) is 6. The number of nitrogens with zero attached hydrogens (tertiary/aromatic N) is 5. The Labute approximate surface area is 142 Å². The smallest absolute Gasteiger partial charge is 0.194 e. The number of rotatable bonds is 3. The van der Waals surface area contributed by atoms with Crippen LogP contribution < -0.4 is 11.1 Å². The number of nitrogens with two attached hydrogens (primary N) is 1. The fourth-order valence-electron chi connectivity index (χ4n) is 2.52. The lowest BCUT2D eigenvalue weighted by Gasteiger charge is -2.11. The van der Waals surface area contributed by atoms with Crippen LogP contribution in [0.1, 0.15) is 5.69 Å². The molecule has 0 amide bonds. The largest absolute Gasteiger partial charge is 0.384 e. The van der Waals surface area contributed by atoms with Gasteiger partial charge in [0.25, 0.3) is 0 Å². The van der Waals surface area contributed by atoms with Crippen molar-refractivity contribution in [1.82, 2.24) is 24.6 Å². The Balaban J connectivity index is 1.87. The van der Waals surface area contributed by atoms with Crippen LogP contribution in [0.25, 0.3) is 17.0 Å². The highest BCUT2D eigenvalue weighted by Gasteiger charge is 2.13. The molecule has 4 aromatic heterocycles. The molecule has 8 heteroatoms. The standard InChI is InChI=1S/C17H14FN7/c1-10-3-2-4-13(22-10)14-8-16(23-11-5-6-20-15(19)7-11)25-17(24-14)12(18)9-21-25/h2-9H,1H3,(H3,19,20,23). The minimum absolute atomic E-state index is 0.116. The molecule has 0 bridgehead atoms. The van der Waals surface area contributed by atoms with Gasteiger partial charge in [-0.15, -0.1) is 0 Å². The van der Waals surface area contributed by atoms with Crippen molar-refractivity contribution in [1.29, 1.82) is 0 Å². The molecule has 0 saturated carbocycles. The lowest BCUT2D eigenvalue weighted by molar-refractivity contribution is 0.636. The third-order valence-electron chi connectivity index (χ3n) is 3.63. The van der Waals surface area contributed by atoms with Gasteiger partial charge in [-0.25, -0.2) is 14.4 Å². The fraction of sp³-hybridized carbons (Fsp3) is 0.0588. The van der Waals surface area contributed by atoms with Crippen LogP contribution in [0.15, 0.2) is 48.8 Å². The second kappa shape index (κ2) is 5.82. The van der Waals surface area contributed by atoms with E-state index in [-0.39, 0.29) is 5.65 Å². The third-order valence-corrected chi connectivity index (χ3v) is 3.63. The van der Waals surface area contributed by atoms with E-state index >= 15 is 0 Å². The maximum absolute atomic E-state index is 14.1. The van der Waals surface area contributed by atoms with E-state index in [0.717, 1.165) is 11.9 Å². The van der Waals surface area contributed by atoms with Crippen LogP contribution in [0.5, 0.6) is 0 Å². The van der Waals surface area contributed by atoms with Crippen LogP contribution in [0.2, 0.25) is 0 Å². The summed E-state index contributed by atoms with van der Waals surface area (Å²) in [5, 5.41) is 7.21. The number of hydrogen-bond donors (Lipinski definition) is 2. The molecule has 0 radical (unpaired) electrons. The average molecular weight is 335 g/mol. The Bertz CT molecular complexity index is 1070. The number of nitrogen functional groups attached to an aromatic ring is 1. The summed E-state index contributed by atoms with van der Waals surface area (Å²) in [4.78, 5) is 12.8. The van der Waals surface area contributed by atoms with Crippen molar-refractivity contribution in [2.24, 2.45) is 0 Å². The third kappa shape index (κ3) is 2.85. The Morgan fingerprint density at radius 2 is 2.00 bits per heavy atom. The van der Waals surface area contributed by atoms with Gasteiger partial charge in [-0.1, -0.05) is 6.07 Å². The summed E-state index contributed by atoms with van der Waals surface area (Å²) in [6, 6.07) is 10.8. The van der Waals surface area contributed by atoms with Gasteiger partial charge in [0.05, 0.1) is 17.6 Å². The topological polar surface area (TPSA) is 94.0 Å². The maximum Gasteiger partial charge on any atom is 0.194 e. The number of anilines is 3. The molecule has 0 fully saturated rings. The van der Waals surface area contributed by atoms with Crippen molar-refractivity contribution < 1.29 is 4.39 Å². The molecule has 3 N–H and O–H groups in total. The molecule has 4 heterocycles. The molecule has 0 spiro atoms. The SMILES string of the molecule is Cc1cccc(-c2cc(Nc3ccnc(N)c3)n3ncc(F)c3n2)n1. The molecule has 0 aliphatic heterocycles. The average Bonchev–Trinajstić information content (AvgIpc) is 2.96. The van der Waals surface area contributed by atoms with E-state index in [1.54, 1.807) is 24.4 Å². The van der Waals surface area contributed by atoms with Gasteiger partial charge >= 0.3 is 0 Å². The van der Waals surface area contributed by atoms with Gasteiger partial charge in [-0.3, -0.25) is 4.98 Å². The highest BCUT2D eigenvalue weighted by Crippen LogP contribution is 2.25. The molecule has 4 aromatic rings. The first-order valence-electron chi connectivity index (χ1n) is 7.57. The van der Waals surface area contributed by atoms with E-state index in [2.05, 4.69) is 25.4 Å². The molecule has 0 aromatic carbocycles. The van der Waals surface area contributed by atoms with Crippen LogP contribution in [-0.4, -0.2) is 24.6 Å². The first-order chi connectivity index (χ1) is 12.1. The Morgan fingerprint density at radius 3 is 2.80 bits per heavy atom. The van der Waals surface area contributed by atoms with Crippen LogP contribution in [-0.2, 0) is 0 Å². The monoisotopic (exact) mass is 335 g/mol. The number of pyridine rings is 2. The van der Waals surface area contributed by atoms with Gasteiger partial charge in [-0.2, -0.15) is 9.61 Å². The zero-order chi connectivity index (χ0) is 17.4. The number of halogens is 1. The highest BCUT2D eigenvalue weighted by molar-refractivity contribution is 5.68. The van der Waals surface area contributed by atoms with Crippen molar-refractivity contribution in [3.05, 3.63) is 60.3 Å². The van der Waals surface area contributed by atoms with E-state index in [9.17, 15) is 4.39 Å². The van der Waals surface area contributed by atoms with E-state index in [1.165, 1.54) is 4.52 Å². The minimum Gasteiger partial charge on any atom is -0.384 e. The summed E-state index contributed by atoms with van der Waals surface area (Å²) >= 11 is 0. The van der Waals surface area contributed by atoms with Crippen LogP contribution in [0.3, 0.4) is 0 Å². The quantitative estimate of drug-likeness (QED) is 0.598. The molecule has 0 atom stereocenters.